The summed E-state index contributed by atoms with van der Waals surface area (Å²) in [6, 6.07) is 24.4. The van der Waals surface area contributed by atoms with Crippen molar-refractivity contribution >= 4 is 44.1 Å². The van der Waals surface area contributed by atoms with E-state index in [4.69, 9.17) is 48.9 Å². The van der Waals surface area contributed by atoms with Crippen LogP contribution in [-0.2, 0) is 0 Å². The number of rotatable bonds is 24. The van der Waals surface area contributed by atoms with Crippen molar-refractivity contribution in [3.05, 3.63) is 72.8 Å². The van der Waals surface area contributed by atoms with Crippen molar-refractivity contribution < 1.29 is 18.9 Å². The minimum absolute atomic E-state index is 0.536. The van der Waals surface area contributed by atoms with Gasteiger partial charge in [0.05, 0.1) is 26.4 Å². The Morgan fingerprint density at radius 1 is 0.324 bits per heavy atom. The Bertz CT molecular complexity index is 2620. The van der Waals surface area contributed by atoms with Crippen LogP contribution in [0.15, 0.2) is 72.8 Å². The lowest BCUT2D eigenvalue weighted by Crippen LogP contribution is -2.03. The quantitative estimate of drug-likeness (QED) is 0.0562. The zero-order valence-electron chi connectivity index (χ0n) is 40.4. The van der Waals surface area contributed by atoms with Crippen molar-refractivity contribution in [2.75, 3.05) is 26.4 Å². The third-order valence-corrected chi connectivity index (χ3v) is 12.8. The Morgan fingerprint density at radius 3 is 0.809 bits per heavy atom. The molecule has 12 heteroatoms. The molecule has 12 nitrogen and oxygen atoms in total. The number of fused-ring (bicyclic) bond motifs is 20. The van der Waals surface area contributed by atoms with Crippen molar-refractivity contribution in [3.8, 4) is 68.5 Å². The van der Waals surface area contributed by atoms with Gasteiger partial charge in [0.2, 0.25) is 0 Å². The molecule has 2 aliphatic rings. The van der Waals surface area contributed by atoms with E-state index in [1.165, 1.54) is 25.7 Å². The van der Waals surface area contributed by atoms with Crippen molar-refractivity contribution in [2.24, 2.45) is 0 Å². The van der Waals surface area contributed by atoms with E-state index >= 15 is 0 Å². The second kappa shape index (κ2) is 22.5. The zero-order chi connectivity index (χ0) is 46.7. The fourth-order valence-electron chi connectivity index (χ4n) is 9.00. The molecule has 0 spiro atoms. The summed E-state index contributed by atoms with van der Waals surface area (Å²) in [7, 11) is 0. The van der Waals surface area contributed by atoms with Crippen LogP contribution >= 0.6 is 0 Å². The lowest BCUT2D eigenvalue weighted by molar-refractivity contribution is 0.259. The molecule has 5 heterocycles. The molecule has 0 aliphatic carbocycles. The molecule has 8 bridgehead atoms. The van der Waals surface area contributed by atoms with Gasteiger partial charge in [0.15, 0.2) is 46.3 Å². The molecular weight excluding hydrogens is 849 g/mol. The predicted molar refractivity (Wildman–Crippen MR) is 275 cm³/mol. The average Bonchev–Trinajstić information content (AvgIpc) is 4.09. The molecular formula is C56H66N8O4. The van der Waals surface area contributed by atoms with Crippen LogP contribution in [-0.4, -0.2) is 66.3 Å². The molecule has 68 heavy (non-hydrogen) atoms. The maximum absolute atomic E-state index is 6.54. The molecule has 0 atom stereocenters. The van der Waals surface area contributed by atoms with Gasteiger partial charge in [-0.2, -0.15) is 0 Å². The number of nitrogens with zero attached hydrogens (tertiary/aromatic N) is 6. The molecule has 2 aliphatic heterocycles. The van der Waals surface area contributed by atoms with Crippen molar-refractivity contribution in [1.82, 2.24) is 39.9 Å². The number of aromatic amines is 2. The predicted octanol–water partition coefficient (Wildman–Crippen LogP) is 14.7. The maximum Gasteiger partial charge on any atom is 0.164 e. The summed E-state index contributed by atoms with van der Waals surface area (Å²) in [5, 5.41) is 3.36. The molecule has 3 aromatic heterocycles. The molecule has 7 aromatic rings. The Labute approximate surface area is 399 Å². The molecule has 0 radical (unpaired) electrons. The lowest BCUT2D eigenvalue weighted by atomic mass is 10.1. The third kappa shape index (κ3) is 10.4. The van der Waals surface area contributed by atoms with Gasteiger partial charge >= 0.3 is 0 Å². The molecule has 0 saturated carbocycles. The summed E-state index contributed by atoms with van der Waals surface area (Å²) in [6.45, 7) is 11.3. The SMILES string of the molecule is CCCCCCOc1cc2c3nc4nc(nc5[nH]c(nc6nc(nc([nH]3)c2cc1OCCCCCC)-c1ccccc1-6)c1cc(OCCCCCC)c(OCCCCCC)cc51)-c1ccccc1-4. The highest BCUT2D eigenvalue weighted by Crippen LogP contribution is 2.41. The third-order valence-electron chi connectivity index (χ3n) is 12.8. The smallest absolute Gasteiger partial charge is 0.164 e. The molecule has 0 fully saturated rings. The zero-order valence-corrected chi connectivity index (χ0v) is 40.4. The Kier molecular flexibility index (Phi) is 15.4. The van der Waals surface area contributed by atoms with E-state index in [1.807, 2.05) is 72.8 Å². The second-order valence-corrected chi connectivity index (χ2v) is 18.0. The Hall–Kier alpha value is -6.56. The van der Waals surface area contributed by atoms with E-state index in [9.17, 15) is 0 Å². The molecule has 0 saturated heterocycles. The standard InChI is InChI=1S/C56H66N8O4/c1-5-9-13-21-29-65-45-33-41-42(34-46(45)66-30-22-14-10-6-2)54-60-50-39-27-19-20-28-40(39)52(58-50)62-56-44-36-48(68-32-24-16-12-8-4)47(67-31-23-15-11-7-3)35-43(44)55(64-56)61-51-38-26-18-17-25-37(38)49(57-51)59-53(41)63-54/h17-20,25-28,33-36H,5-16,21-24,29-32H2,1-4H3,(H2,57,58,59,60,61,62,63,64). The monoisotopic (exact) mass is 915 g/mol. The normalized spacial score (nSPS) is 11.8. The molecule has 2 N–H and O–H groups in total. The van der Waals surface area contributed by atoms with Gasteiger partial charge in [0, 0.05) is 43.8 Å². The first-order chi connectivity index (χ1) is 33.6. The van der Waals surface area contributed by atoms with Crippen LogP contribution in [0.25, 0.3) is 89.7 Å². The summed E-state index contributed by atoms with van der Waals surface area (Å²) in [5.74, 6) is 4.90. The number of hydrogen-bond acceptors (Lipinski definition) is 10. The minimum atomic E-state index is 0.536. The fourth-order valence-corrected chi connectivity index (χ4v) is 9.00. The first kappa shape index (κ1) is 46.5. The lowest BCUT2D eigenvalue weighted by Gasteiger charge is -2.13. The van der Waals surface area contributed by atoms with Crippen molar-refractivity contribution in [2.45, 2.75) is 130 Å². The van der Waals surface area contributed by atoms with Crippen LogP contribution in [0.2, 0.25) is 0 Å². The highest BCUT2D eigenvalue weighted by atomic mass is 16.5. The van der Waals surface area contributed by atoms with E-state index in [-0.39, 0.29) is 0 Å². The van der Waals surface area contributed by atoms with Crippen LogP contribution < -0.4 is 18.9 Å². The highest BCUT2D eigenvalue weighted by molar-refractivity contribution is 6.08. The number of benzene rings is 4. The number of H-pyrrole nitrogens is 2. The van der Waals surface area contributed by atoms with Crippen molar-refractivity contribution in [3.63, 3.8) is 0 Å². The largest absolute Gasteiger partial charge is 0.490 e. The van der Waals surface area contributed by atoms with Crippen LogP contribution in [0.1, 0.15) is 130 Å². The fraction of sp³-hybridized carbons (Fsp3) is 0.429. The number of nitrogens with one attached hydrogen (secondary N) is 2. The van der Waals surface area contributed by atoms with Crippen LogP contribution in [0, 0.1) is 0 Å². The number of hydrogen-bond donors (Lipinski definition) is 2. The maximum atomic E-state index is 6.54. The topological polar surface area (TPSA) is 146 Å². The van der Waals surface area contributed by atoms with Gasteiger partial charge in [-0.3, -0.25) is 0 Å². The van der Waals surface area contributed by atoms with Gasteiger partial charge in [-0.15, -0.1) is 0 Å². The summed E-state index contributed by atoms with van der Waals surface area (Å²) < 4.78 is 26.2. The number of unbranched alkanes of at least 4 members (excludes halogenated alkanes) is 12. The van der Waals surface area contributed by atoms with Gasteiger partial charge in [0.1, 0.15) is 22.6 Å². The Balaban J connectivity index is 1.28. The van der Waals surface area contributed by atoms with Gasteiger partial charge < -0.3 is 28.9 Å². The summed E-state index contributed by atoms with van der Waals surface area (Å²) in [4.78, 5) is 38.7. The highest BCUT2D eigenvalue weighted by Gasteiger charge is 2.24. The van der Waals surface area contributed by atoms with E-state index in [2.05, 4.69) is 37.7 Å². The molecule has 354 valence electrons. The van der Waals surface area contributed by atoms with Crippen LogP contribution in [0.3, 0.4) is 0 Å². The molecule has 4 aromatic carbocycles. The number of ether oxygens (including phenoxy) is 4. The first-order valence-electron chi connectivity index (χ1n) is 25.4. The molecule has 0 unspecified atom stereocenters. The van der Waals surface area contributed by atoms with Gasteiger partial charge in [0.25, 0.3) is 0 Å². The van der Waals surface area contributed by atoms with Gasteiger partial charge in [-0.25, -0.2) is 29.9 Å². The van der Waals surface area contributed by atoms with Gasteiger partial charge in [-0.1, -0.05) is 153 Å². The van der Waals surface area contributed by atoms with E-state index in [1.54, 1.807) is 0 Å². The van der Waals surface area contributed by atoms with E-state index < -0.39 is 0 Å². The first-order valence-corrected chi connectivity index (χ1v) is 25.4. The van der Waals surface area contributed by atoms with Crippen LogP contribution in [0.4, 0.5) is 0 Å². The van der Waals surface area contributed by atoms with E-state index in [0.29, 0.717) is 95.3 Å². The average molecular weight is 915 g/mol. The molecule has 9 rings (SSSR count). The summed E-state index contributed by atoms with van der Waals surface area (Å²) >= 11 is 0. The molecule has 0 amide bonds. The van der Waals surface area contributed by atoms with Crippen molar-refractivity contribution in [1.29, 1.82) is 0 Å². The number of aromatic nitrogens is 8. The van der Waals surface area contributed by atoms with Gasteiger partial charge in [-0.05, 0) is 49.9 Å². The minimum Gasteiger partial charge on any atom is -0.490 e. The second-order valence-electron chi connectivity index (χ2n) is 18.0. The van der Waals surface area contributed by atoms with E-state index in [0.717, 1.165) is 121 Å². The van der Waals surface area contributed by atoms with Crippen LogP contribution in [0.5, 0.6) is 23.0 Å². The summed E-state index contributed by atoms with van der Waals surface area (Å²) in [5.41, 5.74) is 5.90. The Morgan fingerprint density at radius 2 is 0.574 bits per heavy atom. The summed E-state index contributed by atoms with van der Waals surface area (Å²) in [6.07, 6.45) is 17.6.